The van der Waals surface area contributed by atoms with Crippen molar-refractivity contribution in [2.45, 2.75) is 12.8 Å². The first-order chi connectivity index (χ1) is 10.9. The lowest BCUT2D eigenvalue weighted by atomic mass is 9.99. The molecule has 23 heavy (non-hydrogen) atoms. The minimum Gasteiger partial charge on any atom is -0.496 e. The van der Waals surface area contributed by atoms with Crippen LogP contribution in [0.15, 0.2) is 29.4 Å². The predicted molar refractivity (Wildman–Crippen MR) is 87.9 cm³/mol. The van der Waals surface area contributed by atoms with E-state index in [9.17, 15) is 13.2 Å². The molecule has 1 N–H and O–H groups in total. The maximum atomic E-state index is 12.1. The van der Waals surface area contributed by atoms with Crippen molar-refractivity contribution in [3.63, 3.8) is 0 Å². The van der Waals surface area contributed by atoms with Crippen molar-refractivity contribution in [1.29, 1.82) is 0 Å². The van der Waals surface area contributed by atoms with Gasteiger partial charge in [0.05, 0.1) is 25.5 Å². The van der Waals surface area contributed by atoms with E-state index in [0.717, 1.165) is 11.8 Å². The van der Waals surface area contributed by atoms with E-state index in [1.165, 1.54) is 10.5 Å². The van der Waals surface area contributed by atoms with E-state index in [0.29, 0.717) is 25.1 Å². The summed E-state index contributed by atoms with van der Waals surface area (Å²) in [5, 5.41) is 3.94. The Morgan fingerprint density at radius 3 is 2.87 bits per heavy atom. The summed E-state index contributed by atoms with van der Waals surface area (Å²) in [6.07, 6.45) is 3.99. The Hall–Kier alpha value is -1.93. The summed E-state index contributed by atoms with van der Waals surface area (Å²) in [6.45, 7) is 0.669. The molecule has 7 nitrogen and oxygen atoms in total. The molecule has 0 aliphatic carbocycles. The van der Waals surface area contributed by atoms with E-state index in [1.807, 2.05) is 18.2 Å². The monoisotopic (exact) mass is 339 g/mol. The molecule has 1 aliphatic heterocycles. The second-order valence-electron chi connectivity index (χ2n) is 5.44. The zero-order valence-corrected chi connectivity index (χ0v) is 14.0. The summed E-state index contributed by atoms with van der Waals surface area (Å²) in [5.74, 6) is 0.00390. The normalized spacial score (nSPS) is 19.7. The van der Waals surface area contributed by atoms with E-state index in [-0.39, 0.29) is 18.4 Å². The van der Waals surface area contributed by atoms with Gasteiger partial charge < -0.3 is 4.74 Å². The summed E-state index contributed by atoms with van der Waals surface area (Å²) >= 11 is 0. The fourth-order valence-corrected chi connectivity index (χ4v) is 3.40. The fourth-order valence-electron chi connectivity index (χ4n) is 2.49. The van der Waals surface area contributed by atoms with Crippen LogP contribution in [0.2, 0.25) is 0 Å². The smallest absolute Gasteiger partial charge is 0.244 e. The number of hydrogen-bond acceptors (Lipinski definition) is 5. The minimum absolute atomic E-state index is 0.203. The Labute approximate surface area is 136 Å². The minimum atomic E-state index is -3.27. The van der Waals surface area contributed by atoms with Gasteiger partial charge in [-0.15, -0.1) is 0 Å². The van der Waals surface area contributed by atoms with Crippen molar-refractivity contribution in [2.24, 2.45) is 11.0 Å². The molecule has 1 atom stereocenters. The maximum Gasteiger partial charge on any atom is 0.244 e. The van der Waals surface area contributed by atoms with Crippen LogP contribution in [0, 0.1) is 5.92 Å². The molecule has 0 saturated carbocycles. The number of hydrogen-bond donors (Lipinski definition) is 1. The first-order valence-electron chi connectivity index (χ1n) is 7.33. The molecule has 1 aromatic carbocycles. The number of sulfonamides is 1. The second-order valence-corrected chi connectivity index (χ2v) is 7.42. The van der Waals surface area contributed by atoms with Gasteiger partial charge in [-0.05, 0) is 25.0 Å². The first-order valence-corrected chi connectivity index (χ1v) is 9.17. The third-order valence-corrected chi connectivity index (χ3v) is 5.01. The van der Waals surface area contributed by atoms with Gasteiger partial charge in [-0.1, -0.05) is 12.1 Å². The quantitative estimate of drug-likeness (QED) is 0.635. The number of carbonyl (C=O) groups excluding carboxylic acids is 1. The summed E-state index contributed by atoms with van der Waals surface area (Å²) in [4.78, 5) is 12.1. The van der Waals surface area contributed by atoms with Crippen molar-refractivity contribution in [2.75, 3.05) is 26.5 Å². The van der Waals surface area contributed by atoms with E-state index >= 15 is 0 Å². The summed E-state index contributed by atoms with van der Waals surface area (Å²) in [6, 6.07) is 7.31. The van der Waals surface area contributed by atoms with Gasteiger partial charge in [0, 0.05) is 18.7 Å². The van der Waals surface area contributed by atoms with Gasteiger partial charge in [0.25, 0.3) is 0 Å². The third-order valence-electron chi connectivity index (χ3n) is 3.74. The Kier molecular flexibility index (Phi) is 5.73. The van der Waals surface area contributed by atoms with Crippen LogP contribution in [-0.2, 0) is 14.8 Å². The SMILES string of the molecule is COc1ccccc1/C=N\NC(=O)[C@H]1CCCN(S(C)(=O)=O)C1. The highest BCUT2D eigenvalue weighted by atomic mass is 32.2. The average molecular weight is 339 g/mol. The molecule has 0 spiro atoms. The number of amides is 1. The Bertz CT molecular complexity index is 688. The van der Waals surface area contributed by atoms with E-state index in [4.69, 9.17) is 4.74 Å². The molecule has 0 aromatic heterocycles. The number of nitrogens with one attached hydrogen (secondary N) is 1. The maximum absolute atomic E-state index is 12.1. The number of piperidine rings is 1. The Morgan fingerprint density at radius 2 is 2.17 bits per heavy atom. The number of carbonyl (C=O) groups is 1. The number of hydrazone groups is 1. The molecule has 1 saturated heterocycles. The van der Waals surface area contributed by atoms with Crippen LogP contribution >= 0.6 is 0 Å². The molecule has 0 bridgehead atoms. The molecule has 2 rings (SSSR count). The molecule has 1 amide bonds. The highest BCUT2D eigenvalue weighted by Crippen LogP contribution is 2.19. The molecule has 0 unspecified atom stereocenters. The topological polar surface area (TPSA) is 88.1 Å². The molecule has 126 valence electrons. The number of rotatable bonds is 5. The number of ether oxygens (including phenoxy) is 1. The molecule has 1 heterocycles. The standard InChI is InChI=1S/C15H21N3O4S/c1-22-14-8-4-3-6-12(14)10-16-17-15(19)13-7-5-9-18(11-13)23(2,20)21/h3-4,6,8,10,13H,5,7,9,11H2,1-2H3,(H,17,19)/b16-10-/t13-/m0/s1. The Morgan fingerprint density at radius 1 is 1.43 bits per heavy atom. The summed E-state index contributed by atoms with van der Waals surface area (Å²) in [7, 11) is -1.70. The summed E-state index contributed by atoms with van der Waals surface area (Å²) in [5.41, 5.74) is 3.22. The van der Waals surface area contributed by atoms with Gasteiger partial charge in [-0.3, -0.25) is 4.79 Å². The van der Waals surface area contributed by atoms with E-state index in [1.54, 1.807) is 13.2 Å². The number of methoxy groups -OCH3 is 1. The van der Waals surface area contributed by atoms with Crippen LogP contribution in [0.25, 0.3) is 0 Å². The van der Waals surface area contributed by atoms with Crippen molar-refractivity contribution in [3.05, 3.63) is 29.8 Å². The molecular formula is C15H21N3O4S. The van der Waals surface area contributed by atoms with Gasteiger partial charge in [0.1, 0.15) is 5.75 Å². The predicted octanol–water partition coefficient (Wildman–Crippen LogP) is 0.817. The van der Waals surface area contributed by atoms with Gasteiger partial charge in [-0.25, -0.2) is 18.1 Å². The van der Waals surface area contributed by atoms with Gasteiger partial charge >= 0.3 is 0 Å². The van der Waals surface area contributed by atoms with Crippen LogP contribution in [0.1, 0.15) is 18.4 Å². The highest BCUT2D eigenvalue weighted by Gasteiger charge is 2.29. The first kappa shape index (κ1) is 17.4. The molecular weight excluding hydrogens is 318 g/mol. The molecule has 0 radical (unpaired) electrons. The van der Waals surface area contributed by atoms with Crippen LogP contribution in [0.4, 0.5) is 0 Å². The Balaban J connectivity index is 1.95. The fraction of sp³-hybridized carbons (Fsp3) is 0.467. The zero-order valence-electron chi connectivity index (χ0n) is 13.2. The molecule has 1 aliphatic rings. The lowest BCUT2D eigenvalue weighted by molar-refractivity contribution is -0.126. The van der Waals surface area contributed by atoms with E-state index in [2.05, 4.69) is 10.5 Å². The molecule has 1 aromatic rings. The number of para-hydroxylation sites is 1. The number of nitrogens with zero attached hydrogens (tertiary/aromatic N) is 2. The lowest BCUT2D eigenvalue weighted by Crippen LogP contribution is -2.44. The van der Waals surface area contributed by atoms with Gasteiger partial charge in [0.2, 0.25) is 15.9 Å². The van der Waals surface area contributed by atoms with Crippen molar-refractivity contribution in [1.82, 2.24) is 9.73 Å². The largest absolute Gasteiger partial charge is 0.496 e. The van der Waals surface area contributed by atoms with Crippen LogP contribution in [0.5, 0.6) is 5.75 Å². The average Bonchev–Trinajstić information content (AvgIpc) is 2.54. The zero-order chi connectivity index (χ0) is 16.9. The van der Waals surface area contributed by atoms with E-state index < -0.39 is 10.0 Å². The van der Waals surface area contributed by atoms with Crippen LogP contribution in [-0.4, -0.2) is 51.3 Å². The lowest BCUT2D eigenvalue weighted by Gasteiger charge is -2.29. The third kappa shape index (κ3) is 4.77. The van der Waals surface area contributed by atoms with Crippen molar-refractivity contribution < 1.29 is 17.9 Å². The molecule has 1 fully saturated rings. The van der Waals surface area contributed by atoms with Gasteiger partial charge in [-0.2, -0.15) is 5.10 Å². The highest BCUT2D eigenvalue weighted by molar-refractivity contribution is 7.88. The van der Waals surface area contributed by atoms with Crippen molar-refractivity contribution >= 4 is 22.1 Å². The van der Waals surface area contributed by atoms with Gasteiger partial charge in [0.15, 0.2) is 0 Å². The second kappa shape index (κ2) is 7.56. The van der Waals surface area contributed by atoms with Crippen LogP contribution < -0.4 is 10.2 Å². The molecule has 8 heteroatoms. The summed E-state index contributed by atoms with van der Waals surface area (Å²) < 4.78 is 29.7. The van der Waals surface area contributed by atoms with Crippen molar-refractivity contribution in [3.8, 4) is 5.75 Å². The number of benzene rings is 1. The van der Waals surface area contributed by atoms with Crippen LogP contribution in [0.3, 0.4) is 0 Å².